The number of anilines is 1. The zero-order valence-electron chi connectivity index (χ0n) is 16.0. The van der Waals surface area contributed by atoms with E-state index < -0.39 is 0 Å². The number of ether oxygens (including phenoxy) is 2. The second-order valence-electron chi connectivity index (χ2n) is 6.31. The lowest BCUT2D eigenvalue weighted by Crippen LogP contribution is -2.08. The third-order valence-corrected chi connectivity index (χ3v) is 4.34. The molecule has 6 nitrogen and oxygen atoms in total. The quantitative estimate of drug-likeness (QED) is 0.678. The molecule has 3 aromatic rings. The molecule has 1 unspecified atom stereocenters. The first-order valence-corrected chi connectivity index (χ1v) is 8.52. The van der Waals surface area contributed by atoms with Gasteiger partial charge >= 0.3 is 0 Å². The Balaban J connectivity index is 1.82. The van der Waals surface area contributed by atoms with Gasteiger partial charge in [0.1, 0.15) is 11.9 Å². The molecule has 0 spiro atoms. The molecule has 0 aliphatic heterocycles. The van der Waals surface area contributed by atoms with Gasteiger partial charge < -0.3 is 19.3 Å². The van der Waals surface area contributed by atoms with Crippen molar-refractivity contribution in [3.05, 3.63) is 53.2 Å². The van der Waals surface area contributed by atoms with Gasteiger partial charge in [0.05, 0.1) is 14.2 Å². The van der Waals surface area contributed by atoms with Gasteiger partial charge in [0, 0.05) is 17.3 Å². The fourth-order valence-corrected chi connectivity index (χ4v) is 2.69. The number of nitrogens with one attached hydrogen (secondary N) is 1. The highest BCUT2D eigenvalue weighted by Crippen LogP contribution is 2.34. The van der Waals surface area contributed by atoms with E-state index in [0.29, 0.717) is 34.3 Å². The normalized spacial score (nSPS) is 11.9. The average molecular weight is 371 g/mol. The number of methoxy groups -OCH3 is 2. The number of aryl methyl sites for hydroxylation is 2. The minimum absolute atomic E-state index is 0.252. The van der Waals surface area contributed by atoms with E-state index in [-0.39, 0.29) is 11.9 Å². The first-order chi connectivity index (χ1) is 12.9. The third-order valence-electron chi connectivity index (χ3n) is 4.34. The molecular weight excluding hydrogens is 349 g/mol. The predicted octanol–water partition coefficient (Wildman–Crippen LogP) is 4.68. The maximum Gasteiger partial charge on any atom is 0.249 e. The summed E-state index contributed by atoms with van der Waals surface area (Å²) < 4.78 is 29.8. The van der Waals surface area contributed by atoms with Crippen molar-refractivity contribution in [2.45, 2.75) is 26.8 Å². The second-order valence-corrected chi connectivity index (χ2v) is 6.31. The fourth-order valence-electron chi connectivity index (χ4n) is 2.69. The zero-order chi connectivity index (χ0) is 19.6. The van der Waals surface area contributed by atoms with Gasteiger partial charge in [-0.3, -0.25) is 0 Å². The Morgan fingerprint density at radius 3 is 2.41 bits per heavy atom. The van der Waals surface area contributed by atoms with Crippen LogP contribution in [0.3, 0.4) is 0 Å². The molecule has 7 heteroatoms. The molecule has 1 atom stereocenters. The van der Waals surface area contributed by atoms with Crippen molar-refractivity contribution in [2.24, 2.45) is 0 Å². The van der Waals surface area contributed by atoms with Gasteiger partial charge in [-0.1, -0.05) is 17.3 Å². The molecule has 0 radical (unpaired) electrons. The van der Waals surface area contributed by atoms with Crippen LogP contribution in [0.5, 0.6) is 11.5 Å². The van der Waals surface area contributed by atoms with Crippen LogP contribution in [0.4, 0.5) is 10.1 Å². The minimum atomic E-state index is -0.300. The molecule has 0 fully saturated rings. The molecule has 142 valence electrons. The molecular formula is C20H22FN3O3. The molecule has 0 saturated heterocycles. The first-order valence-electron chi connectivity index (χ1n) is 8.52. The number of rotatable bonds is 6. The van der Waals surface area contributed by atoms with E-state index in [1.54, 1.807) is 33.3 Å². The largest absolute Gasteiger partial charge is 0.493 e. The molecule has 2 aromatic carbocycles. The van der Waals surface area contributed by atoms with Crippen molar-refractivity contribution >= 4 is 5.69 Å². The summed E-state index contributed by atoms with van der Waals surface area (Å²) in [5, 5.41) is 7.30. The van der Waals surface area contributed by atoms with Crippen LogP contribution in [0.15, 0.2) is 34.9 Å². The lowest BCUT2D eigenvalue weighted by Gasteiger charge is -2.16. The van der Waals surface area contributed by atoms with E-state index in [9.17, 15) is 4.39 Å². The smallest absolute Gasteiger partial charge is 0.249 e. The van der Waals surface area contributed by atoms with E-state index in [2.05, 4.69) is 15.5 Å². The lowest BCUT2D eigenvalue weighted by molar-refractivity contribution is 0.354. The summed E-state index contributed by atoms with van der Waals surface area (Å²) in [6, 6.07) is 8.36. The van der Waals surface area contributed by atoms with Crippen molar-refractivity contribution in [3.63, 3.8) is 0 Å². The van der Waals surface area contributed by atoms with Crippen LogP contribution in [-0.4, -0.2) is 24.4 Å². The molecule has 3 rings (SSSR count). The highest BCUT2D eigenvalue weighted by Gasteiger charge is 2.18. The summed E-state index contributed by atoms with van der Waals surface area (Å²) in [5.74, 6) is 1.74. The van der Waals surface area contributed by atoms with Crippen molar-refractivity contribution in [1.82, 2.24) is 10.1 Å². The Bertz CT molecular complexity index is 956. The van der Waals surface area contributed by atoms with Gasteiger partial charge in [-0.15, -0.1) is 0 Å². The van der Waals surface area contributed by atoms with E-state index in [0.717, 1.165) is 11.3 Å². The highest BCUT2D eigenvalue weighted by molar-refractivity contribution is 5.61. The number of nitrogens with zero attached hydrogens (tertiary/aromatic N) is 2. The molecule has 1 heterocycles. The second kappa shape index (κ2) is 7.65. The Morgan fingerprint density at radius 2 is 1.74 bits per heavy atom. The van der Waals surface area contributed by atoms with Crippen LogP contribution in [0.2, 0.25) is 0 Å². The Hall–Kier alpha value is -3.09. The minimum Gasteiger partial charge on any atom is -0.493 e. The number of aromatic nitrogens is 2. The van der Waals surface area contributed by atoms with Crippen LogP contribution in [0.1, 0.15) is 30.0 Å². The highest BCUT2D eigenvalue weighted by atomic mass is 19.1. The maximum absolute atomic E-state index is 13.8. The van der Waals surface area contributed by atoms with E-state index in [1.807, 2.05) is 26.0 Å². The summed E-state index contributed by atoms with van der Waals surface area (Å²) in [6.07, 6.45) is 0. The standard InChI is InChI=1S/C20H22FN3O3/c1-11-6-7-14(9-15(11)21)19-23-20(27-24-19)13(3)22-16-10-18(26-5)17(25-4)8-12(16)2/h6-10,13,22H,1-5H3. The molecule has 0 aliphatic carbocycles. The fraction of sp³-hybridized carbons (Fsp3) is 0.300. The van der Waals surface area contributed by atoms with E-state index in [4.69, 9.17) is 14.0 Å². The molecule has 0 saturated carbocycles. The number of hydrogen-bond acceptors (Lipinski definition) is 6. The number of benzene rings is 2. The Labute approximate surface area is 157 Å². The van der Waals surface area contributed by atoms with Crippen molar-refractivity contribution in [3.8, 4) is 22.9 Å². The van der Waals surface area contributed by atoms with Crippen LogP contribution < -0.4 is 14.8 Å². The molecule has 0 amide bonds. The number of hydrogen-bond donors (Lipinski definition) is 1. The zero-order valence-corrected chi connectivity index (χ0v) is 16.0. The van der Waals surface area contributed by atoms with Crippen molar-refractivity contribution in [2.75, 3.05) is 19.5 Å². The maximum atomic E-state index is 13.8. The van der Waals surface area contributed by atoms with Crippen LogP contribution >= 0.6 is 0 Å². The van der Waals surface area contributed by atoms with Gasteiger partial charge in [0.25, 0.3) is 0 Å². The lowest BCUT2D eigenvalue weighted by atomic mass is 10.1. The Kier molecular flexibility index (Phi) is 5.30. The molecule has 0 bridgehead atoms. The summed E-state index contributed by atoms with van der Waals surface area (Å²) in [4.78, 5) is 4.39. The summed E-state index contributed by atoms with van der Waals surface area (Å²) in [7, 11) is 3.19. The molecule has 1 aromatic heterocycles. The first kappa shape index (κ1) is 18.7. The predicted molar refractivity (Wildman–Crippen MR) is 101 cm³/mol. The number of halogens is 1. The SMILES string of the molecule is COc1cc(C)c(NC(C)c2nc(-c3ccc(C)c(F)c3)no2)cc1OC. The van der Waals surface area contributed by atoms with Crippen LogP contribution in [0, 0.1) is 19.7 Å². The summed E-state index contributed by atoms with van der Waals surface area (Å²) in [5.41, 5.74) is 2.99. The van der Waals surface area contributed by atoms with Gasteiger partial charge in [0.2, 0.25) is 11.7 Å². The molecule has 0 aliphatic rings. The van der Waals surface area contributed by atoms with Crippen molar-refractivity contribution in [1.29, 1.82) is 0 Å². The summed E-state index contributed by atoms with van der Waals surface area (Å²) in [6.45, 7) is 5.58. The monoisotopic (exact) mass is 371 g/mol. The van der Waals surface area contributed by atoms with E-state index in [1.165, 1.54) is 6.07 Å². The van der Waals surface area contributed by atoms with Crippen molar-refractivity contribution < 1.29 is 18.4 Å². The molecule has 27 heavy (non-hydrogen) atoms. The summed E-state index contributed by atoms with van der Waals surface area (Å²) >= 11 is 0. The van der Waals surface area contributed by atoms with Crippen LogP contribution in [-0.2, 0) is 0 Å². The van der Waals surface area contributed by atoms with Gasteiger partial charge in [-0.2, -0.15) is 4.98 Å². The van der Waals surface area contributed by atoms with Gasteiger partial charge in [0.15, 0.2) is 11.5 Å². The Morgan fingerprint density at radius 1 is 1.04 bits per heavy atom. The molecule has 1 N–H and O–H groups in total. The van der Waals surface area contributed by atoms with Gasteiger partial charge in [-0.25, -0.2) is 4.39 Å². The van der Waals surface area contributed by atoms with Gasteiger partial charge in [-0.05, 0) is 44.0 Å². The van der Waals surface area contributed by atoms with E-state index >= 15 is 0 Å². The third kappa shape index (κ3) is 3.86. The topological polar surface area (TPSA) is 69.4 Å². The van der Waals surface area contributed by atoms with Crippen LogP contribution in [0.25, 0.3) is 11.4 Å². The average Bonchev–Trinajstić information content (AvgIpc) is 3.15.